The smallest absolute Gasteiger partial charge is 0.421 e. The van der Waals surface area contributed by atoms with Crippen molar-refractivity contribution >= 4 is 0 Å². The van der Waals surface area contributed by atoms with Gasteiger partial charge >= 0.3 is 28.7 Å². The molecule has 5 heteroatoms. The second-order valence-electron chi connectivity index (χ2n) is 2.82. The highest BCUT2D eigenvalue weighted by atomic mass is 127. The zero-order valence-electron chi connectivity index (χ0n) is 7.81. The van der Waals surface area contributed by atoms with Gasteiger partial charge in [-0.25, -0.2) is 0 Å². The van der Waals surface area contributed by atoms with Gasteiger partial charge in [0.2, 0.25) is 0 Å². The molecule has 0 amide bonds. The van der Waals surface area contributed by atoms with Gasteiger partial charge in [-0.15, -0.1) is 0 Å². The van der Waals surface area contributed by atoms with Gasteiger partial charge in [0, 0.05) is 12.1 Å². The van der Waals surface area contributed by atoms with E-state index in [0.717, 1.165) is 7.53 Å². The van der Waals surface area contributed by atoms with E-state index in [1.165, 1.54) is 0 Å². The molecule has 2 rings (SSSR count). The van der Waals surface area contributed by atoms with Crippen LogP contribution in [0.5, 0.6) is 0 Å². The molecule has 15 heavy (non-hydrogen) atoms. The average molecular weight is 321 g/mol. The number of aliphatic hydroxyl groups is 2. The Kier molecular flexibility index (Phi) is 3.45. The van der Waals surface area contributed by atoms with E-state index < -0.39 is 21.2 Å². The van der Waals surface area contributed by atoms with Crippen LogP contribution in [0.1, 0.15) is 11.5 Å². The molecular weight excluding hydrogens is 311 g/mol. The van der Waals surface area contributed by atoms with Crippen LogP contribution in [0.15, 0.2) is 33.1 Å². The van der Waals surface area contributed by atoms with E-state index in [1.807, 2.05) is 12.1 Å². The molecule has 2 heterocycles. The van der Waals surface area contributed by atoms with E-state index in [4.69, 9.17) is 19.0 Å². The minimum Gasteiger partial charge on any atom is -0.421 e. The van der Waals surface area contributed by atoms with Crippen molar-refractivity contribution in [1.29, 1.82) is 0 Å². The Hall–Kier alpha value is -0.790. The van der Waals surface area contributed by atoms with Gasteiger partial charge < -0.3 is 19.0 Å². The molecule has 0 saturated heterocycles. The zero-order chi connectivity index (χ0) is 10.7. The molecule has 0 saturated carbocycles. The summed E-state index contributed by atoms with van der Waals surface area (Å²) >= 11 is -0.497. The minimum atomic E-state index is -0.497. The lowest BCUT2D eigenvalue weighted by Gasteiger charge is -1.82. The largest absolute Gasteiger partial charge is 0.442 e. The van der Waals surface area contributed by atoms with Crippen LogP contribution in [-0.4, -0.2) is 10.2 Å². The van der Waals surface area contributed by atoms with Gasteiger partial charge in [-0.1, -0.05) is 0 Å². The van der Waals surface area contributed by atoms with Gasteiger partial charge in [0.25, 0.3) is 0 Å². The quantitative estimate of drug-likeness (QED) is 0.639. The van der Waals surface area contributed by atoms with Crippen molar-refractivity contribution in [3.63, 3.8) is 0 Å². The summed E-state index contributed by atoms with van der Waals surface area (Å²) in [7, 11) is 0. The van der Waals surface area contributed by atoms with Gasteiger partial charge in [0.05, 0.1) is 0 Å². The van der Waals surface area contributed by atoms with Crippen LogP contribution in [0, 0.1) is 7.53 Å². The molecule has 0 spiro atoms. The summed E-state index contributed by atoms with van der Waals surface area (Å²) < 4.78 is 12.4. The minimum absolute atomic E-state index is 0.0796. The summed E-state index contributed by atoms with van der Waals surface area (Å²) in [4.78, 5) is 0. The van der Waals surface area contributed by atoms with Crippen molar-refractivity contribution in [2.45, 2.75) is 13.2 Å². The monoisotopic (exact) mass is 321 g/mol. The zero-order valence-corrected chi connectivity index (χ0v) is 9.97. The molecule has 0 aromatic carbocycles. The van der Waals surface area contributed by atoms with E-state index in [1.54, 1.807) is 12.1 Å². The lowest BCUT2D eigenvalue weighted by molar-refractivity contribution is -0.636. The summed E-state index contributed by atoms with van der Waals surface area (Å²) in [5.74, 6) is 1.14. The molecule has 0 fully saturated rings. The van der Waals surface area contributed by atoms with Gasteiger partial charge in [-0.05, 0) is 12.1 Å². The Morgan fingerprint density at radius 1 is 0.867 bits per heavy atom. The molecule has 0 atom stereocenters. The fraction of sp³-hybridized carbons (Fsp3) is 0.200. The van der Waals surface area contributed by atoms with Crippen LogP contribution in [0.25, 0.3) is 0 Å². The van der Waals surface area contributed by atoms with Gasteiger partial charge in [-0.3, -0.25) is 0 Å². The fourth-order valence-electron chi connectivity index (χ4n) is 1.07. The number of halogens is 1. The van der Waals surface area contributed by atoms with E-state index in [0.29, 0.717) is 11.5 Å². The lowest BCUT2D eigenvalue weighted by Crippen LogP contribution is -3.61. The number of furan rings is 2. The maximum absolute atomic E-state index is 8.82. The topological polar surface area (TPSA) is 66.7 Å². The first-order valence-electron chi connectivity index (χ1n) is 4.36. The number of hydrogen-bond donors (Lipinski definition) is 2. The molecule has 0 aliphatic rings. The second-order valence-corrected chi connectivity index (χ2v) is 5.49. The molecule has 2 aromatic rings. The van der Waals surface area contributed by atoms with Crippen molar-refractivity contribution in [3.05, 3.63) is 43.3 Å². The van der Waals surface area contributed by atoms with Gasteiger partial charge in [0.15, 0.2) is 0 Å². The Balaban J connectivity index is 2.07. The molecule has 0 radical (unpaired) electrons. The molecular formula is C10H10IO4+. The van der Waals surface area contributed by atoms with Crippen molar-refractivity contribution in [1.82, 2.24) is 0 Å². The normalized spacial score (nSPS) is 10.8. The molecule has 2 aromatic heterocycles. The fourth-order valence-corrected chi connectivity index (χ4v) is 3.10. The first-order chi connectivity index (χ1) is 7.31. The van der Waals surface area contributed by atoms with Crippen LogP contribution >= 0.6 is 0 Å². The summed E-state index contributed by atoms with van der Waals surface area (Å²) in [6.45, 7) is -0.159. The van der Waals surface area contributed by atoms with E-state index in [-0.39, 0.29) is 13.2 Å². The van der Waals surface area contributed by atoms with Crippen molar-refractivity contribution in [3.8, 4) is 0 Å². The highest BCUT2D eigenvalue weighted by Crippen LogP contribution is 2.00. The number of rotatable bonds is 4. The van der Waals surface area contributed by atoms with Crippen LogP contribution < -0.4 is 21.2 Å². The average Bonchev–Trinajstić information content (AvgIpc) is 2.87. The maximum Gasteiger partial charge on any atom is 0.442 e. The van der Waals surface area contributed by atoms with Crippen molar-refractivity contribution in [2.75, 3.05) is 0 Å². The molecule has 2 N–H and O–H groups in total. The standard InChI is InChI=1S/C10H10IO4/c12-5-7-1-3-9(14-7)11-10-4-2-8(6-13)15-10/h1-4,12-13H,5-6H2/q+1. The van der Waals surface area contributed by atoms with Crippen LogP contribution in [-0.2, 0) is 13.2 Å². The Bertz CT molecular complexity index is 392. The number of hydrogen-bond acceptors (Lipinski definition) is 4. The van der Waals surface area contributed by atoms with Crippen LogP contribution in [0.2, 0.25) is 0 Å². The van der Waals surface area contributed by atoms with Crippen molar-refractivity contribution in [2.24, 2.45) is 0 Å². The van der Waals surface area contributed by atoms with E-state index in [9.17, 15) is 0 Å². The molecule has 0 aliphatic carbocycles. The number of aliphatic hydroxyl groups excluding tert-OH is 2. The highest BCUT2D eigenvalue weighted by Gasteiger charge is 2.24. The predicted octanol–water partition coefficient (Wildman–Crippen LogP) is -2.01. The highest BCUT2D eigenvalue weighted by molar-refractivity contribution is 4.97. The lowest BCUT2D eigenvalue weighted by atomic mass is 10.5. The van der Waals surface area contributed by atoms with Gasteiger partial charge in [-0.2, -0.15) is 0 Å². The third-order valence-electron chi connectivity index (χ3n) is 1.76. The first-order valence-corrected chi connectivity index (χ1v) is 6.51. The second kappa shape index (κ2) is 4.82. The summed E-state index contributed by atoms with van der Waals surface area (Å²) in [5, 5.41) is 17.6. The SMILES string of the molecule is OCc1ccc([I+]c2ccc(CO)o2)o1. The Labute approximate surface area is 96.8 Å². The summed E-state index contributed by atoms with van der Waals surface area (Å²) in [5.41, 5.74) is 0. The molecule has 4 nitrogen and oxygen atoms in total. The Morgan fingerprint density at radius 2 is 1.33 bits per heavy atom. The van der Waals surface area contributed by atoms with Crippen molar-refractivity contribution < 1.29 is 40.3 Å². The third kappa shape index (κ3) is 2.61. The predicted molar refractivity (Wildman–Crippen MR) is 46.7 cm³/mol. The third-order valence-corrected chi connectivity index (χ3v) is 3.98. The maximum atomic E-state index is 8.82. The molecule has 0 aliphatic heterocycles. The summed E-state index contributed by atoms with van der Waals surface area (Å²) in [6, 6.07) is 7.20. The Morgan fingerprint density at radius 3 is 1.67 bits per heavy atom. The van der Waals surface area contributed by atoms with Gasteiger partial charge in [0.1, 0.15) is 24.7 Å². The van der Waals surface area contributed by atoms with E-state index >= 15 is 0 Å². The molecule has 0 unspecified atom stereocenters. The van der Waals surface area contributed by atoms with Crippen LogP contribution in [0.3, 0.4) is 0 Å². The van der Waals surface area contributed by atoms with Crippen LogP contribution in [0.4, 0.5) is 0 Å². The molecule has 80 valence electrons. The molecule has 0 bridgehead atoms. The van der Waals surface area contributed by atoms with E-state index in [2.05, 4.69) is 0 Å². The first kappa shape index (κ1) is 10.7. The summed E-state index contributed by atoms with van der Waals surface area (Å²) in [6.07, 6.45) is 0.